The summed E-state index contributed by atoms with van der Waals surface area (Å²) in [4.78, 5) is 22.5. The minimum absolute atomic E-state index is 0.239. The normalized spacial score (nSPS) is 14.5. The molecule has 170 valence electrons. The number of ether oxygens (including phenoxy) is 1. The molecule has 5 rings (SSSR count). The van der Waals surface area contributed by atoms with E-state index < -0.39 is 11.9 Å². The Hall–Kier alpha value is -3.45. The van der Waals surface area contributed by atoms with Gasteiger partial charge in [0.2, 0.25) is 0 Å². The fourth-order valence-electron chi connectivity index (χ4n) is 4.71. The lowest BCUT2D eigenvalue weighted by Crippen LogP contribution is -2.41. The van der Waals surface area contributed by atoms with Crippen LogP contribution in [0.5, 0.6) is 5.75 Å². The summed E-state index contributed by atoms with van der Waals surface area (Å²) in [5, 5.41) is 12.0. The summed E-state index contributed by atoms with van der Waals surface area (Å²) in [5.41, 5.74) is 5.50. The van der Waals surface area contributed by atoms with Crippen LogP contribution in [0.4, 0.5) is 4.39 Å². The number of carbonyl (C=O) groups excluding carboxylic acids is 1. The maximum absolute atomic E-state index is 14.5. The van der Waals surface area contributed by atoms with Gasteiger partial charge in [-0.1, -0.05) is 24.3 Å². The molecule has 0 bridgehead atoms. The van der Waals surface area contributed by atoms with Crippen molar-refractivity contribution < 1.29 is 19.0 Å². The fraction of sp³-hybridized carbons (Fsp3) is 0.308. The molecule has 0 fully saturated rings. The van der Waals surface area contributed by atoms with Crippen molar-refractivity contribution in [1.82, 2.24) is 14.9 Å². The van der Waals surface area contributed by atoms with Gasteiger partial charge in [0.25, 0.3) is 5.91 Å². The van der Waals surface area contributed by atoms with Gasteiger partial charge in [0.1, 0.15) is 6.10 Å². The zero-order valence-corrected chi connectivity index (χ0v) is 18.7. The summed E-state index contributed by atoms with van der Waals surface area (Å²) in [7, 11) is 0. The van der Waals surface area contributed by atoms with Gasteiger partial charge < -0.3 is 19.7 Å². The van der Waals surface area contributed by atoms with Gasteiger partial charge in [-0.3, -0.25) is 9.78 Å². The van der Waals surface area contributed by atoms with E-state index in [-0.39, 0.29) is 11.7 Å². The van der Waals surface area contributed by atoms with Gasteiger partial charge >= 0.3 is 0 Å². The van der Waals surface area contributed by atoms with Crippen LogP contribution in [0.2, 0.25) is 0 Å². The number of aliphatic hydroxyl groups excluding tert-OH is 1. The van der Waals surface area contributed by atoms with E-state index in [4.69, 9.17) is 9.72 Å². The third-order valence-corrected chi connectivity index (χ3v) is 6.22. The van der Waals surface area contributed by atoms with Gasteiger partial charge in [0.15, 0.2) is 11.6 Å². The van der Waals surface area contributed by atoms with Crippen molar-refractivity contribution in [1.29, 1.82) is 0 Å². The van der Waals surface area contributed by atoms with Crippen molar-refractivity contribution in [2.24, 2.45) is 0 Å². The van der Waals surface area contributed by atoms with Crippen molar-refractivity contribution in [3.63, 3.8) is 0 Å². The second-order valence-electron chi connectivity index (χ2n) is 8.46. The summed E-state index contributed by atoms with van der Waals surface area (Å²) in [5.74, 6) is -0.451. The molecule has 6 nitrogen and oxygen atoms in total. The van der Waals surface area contributed by atoms with Crippen molar-refractivity contribution in [2.45, 2.75) is 39.3 Å². The Morgan fingerprint density at radius 1 is 1.30 bits per heavy atom. The van der Waals surface area contributed by atoms with Gasteiger partial charge in [0.05, 0.1) is 30.1 Å². The smallest absolute Gasteiger partial charge is 0.251 e. The highest BCUT2D eigenvalue weighted by atomic mass is 19.1. The molecule has 1 aliphatic heterocycles. The van der Waals surface area contributed by atoms with Crippen LogP contribution in [0.25, 0.3) is 21.8 Å². The number of pyridine rings is 1. The minimum Gasteiger partial charge on any atom is -0.491 e. The van der Waals surface area contributed by atoms with Gasteiger partial charge in [-0.05, 0) is 49.6 Å². The predicted octanol–water partition coefficient (Wildman–Crippen LogP) is 4.11. The number of aromatic nitrogens is 2. The third kappa shape index (κ3) is 3.82. The molecule has 1 atom stereocenters. The molecule has 7 heteroatoms. The maximum atomic E-state index is 14.5. The first-order valence-corrected chi connectivity index (χ1v) is 11.3. The number of hydrogen-bond acceptors (Lipinski definition) is 4. The lowest BCUT2D eigenvalue weighted by molar-refractivity contribution is -0.140. The first kappa shape index (κ1) is 21.4. The molecule has 1 amide bonds. The number of carbonyl (C=O) groups is 1. The molecule has 2 N–H and O–H groups in total. The molecule has 1 unspecified atom stereocenters. The number of nitrogens with zero attached hydrogens (tertiary/aromatic N) is 2. The van der Waals surface area contributed by atoms with Crippen LogP contribution in [-0.2, 0) is 24.2 Å². The van der Waals surface area contributed by atoms with Gasteiger partial charge in [-0.2, -0.15) is 0 Å². The average molecular weight is 448 g/mol. The number of hydrogen-bond donors (Lipinski definition) is 2. The molecule has 1 aliphatic rings. The molecule has 33 heavy (non-hydrogen) atoms. The van der Waals surface area contributed by atoms with Crippen LogP contribution >= 0.6 is 0 Å². The maximum Gasteiger partial charge on any atom is 0.251 e. The Bertz CT molecular complexity index is 1360. The molecule has 0 spiro atoms. The number of H-pyrrole nitrogens is 1. The van der Waals surface area contributed by atoms with Crippen LogP contribution in [0.3, 0.4) is 0 Å². The van der Waals surface area contributed by atoms with Gasteiger partial charge in [-0.15, -0.1) is 0 Å². The Balaban J connectivity index is 1.63. The van der Waals surface area contributed by atoms with E-state index >= 15 is 0 Å². The molecule has 4 aromatic rings. The van der Waals surface area contributed by atoms with Crippen molar-refractivity contribution in [3.05, 3.63) is 70.8 Å². The molecule has 2 aromatic heterocycles. The highest BCUT2D eigenvalue weighted by molar-refractivity contribution is 6.10. The van der Waals surface area contributed by atoms with Crippen LogP contribution in [0.1, 0.15) is 36.4 Å². The Kier molecular flexibility index (Phi) is 5.50. The summed E-state index contributed by atoms with van der Waals surface area (Å²) in [6.07, 6.45) is 0.0520. The van der Waals surface area contributed by atoms with Crippen molar-refractivity contribution in [2.75, 3.05) is 13.2 Å². The van der Waals surface area contributed by atoms with Gasteiger partial charge in [0, 0.05) is 29.3 Å². The van der Waals surface area contributed by atoms with E-state index in [1.54, 1.807) is 11.0 Å². The summed E-state index contributed by atoms with van der Waals surface area (Å²) < 4.78 is 19.8. The standard InChI is InChI=1S/C26H26FN3O3/c1-3-33-23-9-8-16(12-19(23)27)13-21-25-24(17-6-4-5-7-20(17)29-25)18-10-11-30(14-22(18)28-21)26(32)15(2)31/h4-9,12,15,29,31H,3,10-11,13-14H2,1-2H3. The third-order valence-electron chi connectivity index (χ3n) is 6.22. The Morgan fingerprint density at radius 3 is 2.88 bits per heavy atom. The monoisotopic (exact) mass is 447 g/mol. The molecular weight excluding hydrogens is 421 g/mol. The molecule has 0 saturated carbocycles. The summed E-state index contributed by atoms with van der Waals surface area (Å²) >= 11 is 0. The van der Waals surface area contributed by atoms with Crippen LogP contribution in [0.15, 0.2) is 42.5 Å². The van der Waals surface area contributed by atoms with Gasteiger partial charge in [-0.25, -0.2) is 4.39 Å². The lowest BCUT2D eigenvalue weighted by atomic mass is 9.96. The highest BCUT2D eigenvalue weighted by Gasteiger charge is 2.28. The van der Waals surface area contributed by atoms with Crippen LogP contribution in [-0.4, -0.2) is 45.1 Å². The number of nitrogens with one attached hydrogen (secondary N) is 1. The Labute approximate surface area is 191 Å². The molecule has 3 heterocycles. The minimum atomic E-state index is -1.05. The largest absolute Gasteiger partial charge is 0.491 e. The van der Waals surface area contributed by atoms with E-state index in [2.05, 4.69) is 11.1 Å². The molecule has 0 radical (unpaired) electrons. The number of rotatable bonds is 5. The van der Waals surface area contributed by atoms with Crippen molar-refractivity contribution >= 4 is 27.7 Å². The van der Waals surface area contributed by atoms with E-state index in [9.17, 15) is 14.3 Å². The number of halogens is 1. The van der Waals surface area contributed by atoms with Crippen LogP contribution < -0.4 is 4.74 Å². The first-order valence-electron chi connectivity index (χ1n) is 11.3. The zero-order chi connectivity index (χ0) is 23.1. The topological polar surface area (TPSA) is 78.5 Å². The SMILES string of the molecule is CCOc1ccc(Cc2nc3c(c4c2[nH]c2ccccc24)CCN(C(=O)C(C)O)C3)cc1F. The second kappa shape index (κ2) is 8.48. The van der Waals surface area contributed by atoms with E-state index in [0.717, 1.165) is 44.3 Å². The first-order chi connectivity index (χ1) is 16.0. The zero-order valence-electron chi connectivity index (χ0n) is 18.7. The predicted molar refractivity (Wildman–Crippen MR) is 125 cm³/mol. The van der Waals surface area contributed by atoms with E-state index in [1.165, 1.54) is 13.0 Å². The molecular formula is C26H26FN3O3. The quantitative estimate of drug-likeness (QED) is 0.483. The van der Waals surface area contributed by atoms with Crippen molar-refractivity contribution in [3.8, 4) is 5.75 Å². The highest BCUT2D eigenvalue weighted by Crippen LogP contribution is 2.35. The summed E-state index contributed by atoms with van der Waals surface area (Å²) in [6, 6.07) is 13.1. The summed E-state index contributed by atoms with van der Waals surface area (Å²) in [6.45, 7) is 4.60. The second-order valence-corrected chi connectivity index (χ2v) is 8.46. The lowest BCUT2D eigenvalue weighted by Gasteiger charge is -2.30. The average Bonchev–Trinajstić information content (AvgIpc) is 3.20. The number of fused-ring (bicyclic) bond motifs is 5. The number of para-hydroxylation sites is 1. The van der Waals surface area contributed by atoms with E-state index in [1.807, 2.05) is 31.2 Å². The number of aliphatic hydroxyl groups is 1. The Morgan fingerprint density at radius 2 is 2.12 bits per heavy atom. The molecule has 2 aromatic carbocycles. The molecule has 0 saturated heterocycles. The fourth-order valence-corrected chi connectivity index (χ4v) is 4.71. The number of amides is 1. The molecule has 0 aliphatic carbocycles. The number of aromatic amines is 1. The number of benzene rings is 2. The van der Waals surface area contributed by atoms with E-state index in [0.29, 0.717) is 32.5 Å². The van der Waals surface area contributed by atoms with Crippen LogP contribution in [0, 0.1) is 5.82 Å².